The normalized spacial score (nSPS) is 28.5. The maximum atomic E-state index is 2.44. The lowest BCUT2D eigenvalue weighted by atomic mass is 9.99. The molecule has 0 spiro atoms. The van der Waals surface area contributed by atoms with E-state index in [-0.39, 0.29) is 12.4 Å². The average molecular weight is 346 g/mol. The molecule has 130 valence electrons. The van der Waals surface area contributed by atoms with E-state index in [1.54, 1.807) is 64.2 Å². The van der Waals surface area contributed by atoms with E-state index < -0.39 is 0 Å². The maximum absolute atomic E-state index is 2.44. The predicted molar refractivity (Wildman–Crippen MR) is 95.5 cm³/mol. The van der Waals surface area contributed by atoms with Crippen LogP contribution >= 0.6 is 7.92 Å². The molecule has 0 aromatic heterocycles. The van der Waals surface area contributed by atoms with Crippen molar-refractivity contribution in [2.75, 3.05) is 27.2 Å². The number of rotatable bonds is 3. The van der Waals surface area contributed by atoms with E-state index in [0.717, 1.165) is 17.0 Å². The number of likely N-dealkylation sites (tertiary alicyclic amines) is 1. The molecule has 3 aliphatic rings. The molecular weight excluding hydrogens is 309 g/mol. The quantitative estimate of drug-likeness (QED) is 0.544. The summed E-state index contributed by atoms with van der Waals surface area (Å²) in [7, 11) is 5.22. The van der Waals surface area contributed by atoms with Gasteiger partial charge in [0.05, 0.1) is 27.2 Å². The van der Waals surface area contributed by atoms with Crippen molar-refractivity contribution < 1.29 is 16.9 Å². The van der Waals surface area contributed by atoms with Gasteiger partial charge in [0.15, 0.2) is 0 Å². The van der Waals surface area contributed by atoms with Crippen molar-refractivity contribution in [3.63, 3.8) is 0 Å². The molecule has 0 amide bonds. The molecule has 1 saturated heterocycles. The van der Waals surface area contributed by atoms with Crippen LogP contribution in [0.2, 0.25) is 0 Å². The number of halogens is 1. The Morgan fingerprint density at radius 3 is 1.36 bits per heavy atom. The van der Waals surface area contributed by atoms with Crippen LogP contribution in [0.25, 0.3) is 0 Å². The van der Waals surface area contributed by atoms with Crippen LogP contribution in [0.5, 0.6) is 0 Å². The first-order chi connectivity index (χ1) is 10.2. The smallest absolute Gasteiger partial charge is 0.0788 e. The van der Waals surface area contributed by atoms with Crippen LogP contribution < -0.4 is 12.4 Å². The van der Waals surface area contributed by atoms with Gasteiger partial charge in [-0.1, -0.05) is 46.4 Å². The first-order valence-electron chi connectivity index (χ1n) is 9.75. The zero-order valence-corrected chi connectivity index (χ0v) is 16.6. The first-order valence-corrected chi connectivity index (χ1v) is 11.3. The molecule has 22 heavy (non-hydrogen) atoms. The minimum absolute atomic E-state index is 0. The fourth-order valence-corrected chi connectivity index (χ4v) is 9.74. The number of hydrogen-bond acceptors (Lipinski definition) is 0. The summed E-state index contributed by atoms with van der Waals surface area (Å²) in [5.41, 5.74) is 3.46. The molecular formula is C19H37ClNP. The van der Waals surface area contributed by atoms with Crippen molar-refractivity contribution in [3.8, 4) is 0 Å². The average Bonchev–Trinajstić information content (AvgIpc) is 2.51. The molecule has 1 nitrogen and oxygen atoms in total. The van der Waals surface area contributed by atoms with Gasteiger partial charge in [-0.2, -0.15) is 0 Å². The van der Waals surface area contributed by atoms with Crippen molar-refractivity contribution in [2.24, 2.45) is 0 Å². The van der Waals surface area contributed by atoms with E-state index in [2.05, 4.69) is 14.1 Å². The van der Waals surface area contributed by atoms with Crippen LogP contribution in [0.15, 0.2) is 0 Å². The second-order valence-electron chi connectivity index (χ2n) is 8.65. The molecule has 0 unspecified atom stereocenters. The van der Waals surface area contributed by atoms with Crippen LogP contribution in [0.1, 0.15) is 77.0 Å². The Morgan fingerprint density at radius 1 is 0.591 bits per heavy atom. The van der Waals surface area contributed by atoms with Crippen LogP contribution in [-0.2, 0) is 0 Å². The third kappa shape index (κ3) is 4.84. The molecule has 1 aliphatic heterocycles. The highest BCUT2D eigenvalue weighted by atomic mass is 35.5. The van der Waals surface area contributed by atoms with Gasteiger partial charge >= 0.3 is 0 Å². The summed E-state index contributed by atoms with van der Waals surface area (Å²) in [4.78, 5) is 0. The first kappa shape index (κ1) is 19.0. The topological polar surface area (TPSA) is 0 Å². The SMILES string of the molecule is C[N+]1(C)CCC(P(C2CCCCC2)C2CCCCC2)CC1.[Cl-]. The lowest BCUT2D eigenvalue weighted by Gasteiger charge is -2.47. The third-order valence-electron chi connectivity index (χ3n) is 6.55. The molecule has 0 atom stereocenters. The monoisotopic (exact) mass is 345 g/mol. The highest BCUT2D eigenvalue weighted by molar-refractivity contribution is 7.60. The summed E-state index contributed by atoms with van der Waals surface area (Å²) in [6, 6.07) is 0. The molecule has 0 aromatic carbocycles. The number of quaternary nitrogens is 1. The second-order valence-corrected chi connectivity index (χ2v) is 11.7. The number of nitrogens with zero attached hydrogens (tertiary/aromatic N) is 1. The molecule has 1 heterocycles. The Labute approximate surface area is 146 Å². The molecule has 3 rings (SSSR count). The van der Waals surface area contributed by atoms with E-state index in [0.29, 0.717) is 7.92 Å². The van der Waals surface area contributed by atoms with Gasteiger partial charge < -0.3 is 16.9 Å². The Morgan fingerprint density at radius 2 is 0.955 bits per heavy atom. The van der Waals surface area contributed by atoms with E-state index in [1.165, 1.54) is 30.4 Å². The molecule has 2 saturated carbocycles. The van der Waals surface area contributed by atoms with E-state index >= 15 is 0 Å². The minimum atomic E-state index is 0. The molecule has 2 aliphatic carbocycles. The summed E-state index contributed by atoms with van der Waals surface area (Å²) in [5.74, 6) is 0. The Hall–Kier alpha value is 0.680. The third-order valence-corrected chi connectivity index (χ3v) is 10.6. The van der Waals surface area contributed by atoms with Crippen LogP contribution in [-0.4, -0.2) is 48.6 Å². The van der Waals surface area contributed by atoms with E-state index in [4.69, 9.17) is 0 Å². The second kappa shape index (κ2) is 8.68. The van der Waals surface area contributed by atoms with E-state index in [9.17, 15) is 0 Å². The van der Waals surface area contributed by atoms with Gasteiger partial charge in [-0.3, -0.25) is 0 Å². The predicted octanol–water partition coefficient (Wildman–Crippen LogP) is 2.38. The molecule has 3 fully saturated rings. The zero-order valence-electron chi connectivity index (χ0n) is 14.9. The Balaban J connectivity index is 0.00000176. The summed E-state index contributed by atoms with van der Waals surface area (Å²) < 4.78 is 1.29. The van der Waals surface area contributed by atoms with Crippen molar-refractivity contribution in [2.45, 2.75) is 94.0 Å². The highest BCUT2D eigenvalue weighted by Crippen LogP contribution is 2.61. The molecule has 0 bridgehead atoms. The standard InChI is InChI=1S/C19H37NP.ClH/c1-20(2)15-13-19(14-16-20)21(17-9-5-3-6-10-17)18-11-7-4-8-12-18;/h17-19H,3-16H2,1-2H3;1H/q+1;/p-1. The van der Waals surface area contributed by atoms with Crippen LogP contribution in [0.3, 0.4) is 0 Å². The molecule has 0 radical (unpaired) electrons. The van der Waals surface area contributed by atoms with Gasteiger partial charge in [-0.05, 0) is 42.7 Å². The van der Waals surface area contributed by atoms with Crippen molar-refractivity contribution in [3.05, 3.63) is 0 Å². The van der Waals surface area contributed by atoms with Gasteiger partial charge in [-0.25, -0.2) is 0 Å². The van der Waals surface area contributed by atoms with Crippen molar-refractivity contribution in [1.29, 1.82) is 0 Å². The largest absolute Gasteiger partial charge is 1.00 e. The fourth-order valence-electron chi connectivity index (χ4n) is 5.20. The van der Waals surface area contributed by atoms with Gasteiger partial charge in [-0.15, -0.1) is 0 Å². The van der Waals surface area contributed by atoms with Crippen LogP contribution in [0, 0.1) is 0 Å². The number of hydrogen-bond donors (Lipinski definition) is 0. The van der Waals surface area contributed by atoms with Gasteiger partial charge in [0.2, 0.25) is 0 Å². The summed E-state index contributed by atoms with van der Waals surface area (Å²) in [6.45, 7) is 2.89. The summed E-state index contributed by atoms with van der Waals surface area (Å²) in [6.07, 6.45) is 18.7. The Bertz CT molecular complexity index is 293. The minimum Gasteiger partial charge on any atom is -1.00 e. The summed E-state index contributed by atoms with van der Waals surface area (Å²) in [5, 5.41) is 0. The highest BCUT2D eigenvalue weighted by Gasteiger charge is 2.39. The lowest BCUT2D eigenvalue weighted by molar-refractivity contribution is -0.894. The van der Waals surface area contributed by atoms with Gasteiger partial charge in [0, 0.05) is 12.8 Å². The number of piperidine rings is 1. The fraction of sp³-hybridized carbons (Fsp3) is 1.00. The van der Waals surface area contributed by atoms with Gasteiger partial charge in [0.1, 0.15) is 0 Å². The molecule has 0 aromatic rings. The molecule has 0 N–H and O–H groups in total. The maximum Gasteiger partial charge on any atom is 0.0788 e. The molecule has 3 heteroatoms. The zero-order chi connectivity index (χ0) is 14.7. The van der Waals surface area contributed by atoms with Gasteiger partial charge in [0.25, 0.3) is 0 Å². The van der Waals surface area contributed by atoms with Crippen molar-refractivity contribution >= 4 is 7.92 Å². The van der Waals surface area contributed by atoms with E-state index in [1.807, 2.05) is 0 Å². The van der Waals surface area contributed by atoms with Crippen molar-refractivity contribution in [1.82, 2.24) is 0 Å². The lowest BCUT2D eigenvalue weighted by Crippen LogP contribution is -3.00. The van der Waals surface area contributed by atoms with Crippen LogP contribution in [0.4, 0.5) is 0 Å². The Kier molecular flexibility index (Phi) is 7.50. The summed E-state index contributed by atoms with van der Waals surface area (Å²) >= 11 is 0.